The minimum absolute atomic E-state index is 0.0584. The molecule has 0 radical (unpaired) electrons. The summed E-state index contributed by atoms with van der Waals surface area (Å²) in [7, 11) is -2.22. The number of alkyl halides is 1. The largest absolute Gasteiger partial charge is 0.495 e. The molecule has 0 aromatic heterocycles. The lowest BCUT2D eigenvalue weighted by atomic mass is 10.2. The molecule has 1 saturated heterocycles. The van der Waals surface area contributed by atoms with Crippen LogP contribution in [-0.2, 0) is 15.9 Å². The van der Waals surface area contributed by atoms with Crippen LogP contribution in [0.1, 0.15) is 12.5 Å². The van der Waals surface area contributed by atoms with Crippen molar-refractivity contribution in [3.63, 3.8) is 0 Å². The van der Waals surface area contributed by atoms with Gasteiger partial charge in [0.25, 0.3) is 0 Å². The molecule has 1 aromatic carbocycles. The van der Waals surface area contributed by atoms with Gasteiger partial charge in [-0.05, 0) is 19.1 Å². The van der Waals surface area contributed by atoms with Crippen LogP contribution in [0.2, 0.25) is 5.02 Å². The molecule has 0 aliphatic carbocycles. The number of methoxy groups -OCH3 is 1. The van der Waals surface area contributed by atoms with Gasteiger partial charge in [0.1, 0.15) is 10.6 Å². The molecule has 0 saturated carbocycles. The third-order valence-electron chi connectivity index (χ3n) is 3.34. The van der Waals surface area contributed by atoms with Crippen LogP contribution in [0.3, 0.4) is 0 Å². The topological polar surface area (TPSA) is 46.6 Å². The molecular formula is C13H17Cl2NO3S2. The third kappa shape index (κ3) is 3.45. The zero-order valence-electron chi connectivity index (χ0n) is 11.8. The molecule has 2 rings (SSSR count). The predicted molar refractivity (Wildman–Crippen MR) is 88.2 cm³/mol. The normalized spacial score (nSPS) is 20.5. The summed E-state index contributed by atoms with van der Waals surface area (Å²) in [6.07, 6.45) is 0. The van der Waals surface area contributed by atoms with Crippen LogP contribution in [0.25, 0.3) is 0 Å². The highest BCUT2D eigenvalue weighted by atomic mass is 35.5. The summed E-state index contributed by atoms with van der Waals surface area (Å²) in [5, 5.41) is 0.337. The van der Waals surface area contributed by atoms with Crippen LogP contribution in [0.4, 0.5) is 0 Å². The van der Waals surface area contributed by atoms with E-state index in [1.165, 1.54) is 17.5 Å². The fraction of sp³-hybridized carbons (Fsp3) is 0.538. The van der Waals surface area contributed by atoms with Gasteiger partial charge in [-0.25, -0.2) is 8.42 Å². The molecule has 1 aliphatic rings. The van der Waals surface area contributed by atoms with Crippen molar-refractivity contribution in [2.75, 3.05) is 25.2 Å². The molecule has 0 amide bonds. The Morgan fingerprint density at radius 2 is 2.19 bits per heavy atom. The van der Waals surface area contributed by atoms with E-state index in [1.807, 2.05) is 6.92 Å². The molecule has 0 N–H and O–H groups in total. The minimum atomic E-state index is -3.66. The van der Waals surface area contributed by atoms with E-state index < -0.39 is 10.0 Å². The Bertz CT molecular complexity index is 622. The first-order valence-electron chi connectivity index (χ1n) is 6.43. The SMILES string of the molecule is COc1c(CCl)cc(Cl)cc1S(=O)(=O)N1CCSCC1C. The number of hydrogen-bond donors (Lipinski definition) is 0. The molecule has 118 valence electrons. The molecule has 1 unspecified atom stereocenters. The zero-order valence-corrected chi connectivity index (χ0v) is 14.9. The number of sulfonamides is 1. The second kappa shape index (κ2) is 6.96. The van der Waals surface area contributed by atoms with Crippen molar-refractivity contribution in [1.29, 1.82) is 0 Å². The molecule has 1 heterocycles. The molecule has 1 atom stereocenters. The number of ether oxygens (including phenoxy) is 1. The maximum atomic E-state index is 12.9. The van der Waals surface area contributed by atoms with E-state index in [9.17, 15) is 8.42 Å². The Morgan fingerprint density at radius 3 is 2.76 bits per heavy atom. The molecular weight excluding hydrogens is 353 g/mol. The number of thioether (sulfide) groups is 1. The Hall–Kier alpha value is -0.140. The van der Waals surface area contributed by atoms with E-state index in [1.54, 1.807) is 17.8 Å². The molecule has 8 heteroatoms. The van der Waals surface area contributed by atoms with Crippen molar-refractivity contribution in [3.8, 4) is 5.75 Å². The molecule has 21 heavy (non-hydrogen) atoms. The Morgan fingerprint density at radius 1 is 1.48 bits per heavy atom. The Labute approximate surface area is 139 Å². The summed E-state index contributed by atoms with van der Waals surface area (Å²) >= 11 is 13.7. The van der Waals surface area contributed by atoms with Crippen LogP contribution in [0.5, 0.6) is 5.75 Å². The third-order valence-corrected chi connectivity index (χ3v) is 7.05. The first-order valence-corrected chi connectivity index (χ1v) is 9.94. The van der Waals surface area contributed by atoms with Crippen molar-refractivity contribution < 1.29 is 13.2 Å². The number of nitrogens with zero attached hydrogens (tertiary/aromatic N) is 1. The van der Waals surface area contributed by atoms with Crippen molar-refractivity contribution in [2.45, 2.75) is 23.7 Å². The molecule has 0 bridgehead atoms. The van der Waals surface area contributed by atoms with Crippen LogP contribution in [0.15, 0.2) is 17.0 Å². The van der Waals surface area contributed by atoms with Gasteiger partial charge in [-0.3, -0.25) is 0 Å². The Kier molecular flexibility index (Phi) is 5.71. The van der Waals surface area contributed by atoms with E-state index in [0.29, 0.717) is 17.1 Å². The second-order valence-electron chi connectivity index (χ2n) is 4.77. The van der Waals surface area contributed by atoms with Gasteiger partial charge in [0.15, 0.2) is 0 Å². The number of benzene rings is 1. The molecule has 4 nitrogen and oxygen atoms in total. The number of hydrogen-bond acceptors (Lipinski definition) is 4. The smallest absolute Gasteiger partial charge is 0.247 e. The van der Waals surface area contributed by atoms with E-state index in [-0.39, 0.29) is 22.6 Å². The lowest BCUT2D eigenvalue weighted by molar-refractivity contribution is 0.360. The summed E-state index contributed by atoms with van der Waals surface area (Å²) in [5.41, 5.74) is 0.573. The lowest BCUT2D eigenvalue weighted by Crippen LogP contribution is -2.44. The summed E-state index contributed by atoms with van der Waals surface area (Å²) < 4.78 is 32.7. The van der Waals surface area contributed by atoms with E-state index in [4.69, 9.17) is 27.9 Å². The van der Waals surface area contributed by atoms with Gasteiger partial charge in [-0.2, -0.15) is 16.1 Å². The average molecular weight is 370 g/mol. The summed E-state index contributed by atoms with van der Waals surface area (Å²) in [6, 6.07) is 3.00. The molecule has 1 fully saturated rings. The highest BCUT2D eigenvalue weighted by Crippen LogP contribution is 2.36. The highest BCUT2D eigenvalue weighted by molar-refractivity contribution is 7.99. The van der Waals surface area contributed by atoms with Crippen molar-refractivity contribution in [2.24, 2.45) is 0 Å². The average Bonchev–Trinajstić information content (AvgIpc) is 2.46. The molecule has 0 spiro atoms. The van der Waals surface area contributed by atoms with Crippen molar-refractivity contribution >= 4 is 45.0 Å². The van der Waals surface area contributed by atoms with Gasteiger partial charge in [-0.15, -0.1) is 11.6 Å². The van der Waals surface area contributed by atoms with Gasteiger partial charge in [0.2, 0.25) is 10.0 Å². The van der Waals surface area contributed by atoms with Crippen LogP contribution < -0.4 is 4.74 Å². The standard InChI is InChI=1S/C13H17Cl2NO3S2/c1-9-8-20-4-3-16(9)21(17,18)12-6-11(15)5-10(7-14)13(12)19-2/h5-6,9H,3-4,7-8H2,1-2H3. The quantitative estimate of drug-likeness (QED) is 0.764. The number of halogens is 2. The van der Waals surface area contributed by atoms with Gasteiger partial charge >= 0.3 is 0 Å². The van der Waals surface area contributed by atoms with Crippen LogP contribution in [0, 0.1) is 0 Å². The molecule has 1 aromatic rings. The van der Waals surface area contributed by atoms with Crippen molar-refractivity contribution in [1.82, 2.24) is 4.31 Å². The van der Waals surface area contributed by atoms with E-state index in [2.05, 4.69) is 0 Å². The predicted octanol–water partition coefficient (Wildman–Crippen LogP) is 3.21. The Balaban J connectivity index is 2.56. The first-order chi connectivity index (χ1) is 9.91. The first kappa shape index (κ1) is 17.2. The summed E-state index contributed by atoms with van der Waals surface area (Å²) in [5.74, 6) is 1.98. The lowest BCUT2D eigenvalue weighted by Gasteiger charge is -2.32. The molecule has 1 aliphatic heterocycles. The fourth-order valence-electron chi connectivity index (χ4n) is 2.34. The summed E-state index contributed by atoms with van der Waals surface area (Å²) in [4.78, 5) is 0.0897. The van der Waals surface area contributed by atoms with Gasteiger partial charge in [0.05, 0.1) is 13.0 Å². The zero-order chi connectivity index (χ0) is 15.6. The monoisotopic (exact) mass is 369 g/mol. The van der Waals surface area contributed by atoms with Gasteiger partial charge in [0, 0.05) is 34.7 Å². The van der Waals surface area contributed by atoms with E-state index in [0.717, 1.165) is 11.5 Å². The fourth-order valence-corrected chi connectivity index (χ4v) is 5.93. The maximum absolute atomic E-state index is 12.9. The van der Waals surface area contributed by atoms with Crippen molar-refractivity contribution in [3.05, 3.63) is 22.7 Å². The van der Waals surface area contributed by atoms with Gasteiger partial charge < -0.3 is 4.74 Å². The second-order valence-corrected chi connectivity index (χ2v) is 8.48. The number of rotatable bonds is 4. The van der Waals surface area contributed by atoms with Crippen LogP contribution >= 0.6 is 35.0 Å². The van der Waals surface area contributed by atoms with E-state index >= 15 is 0 Å². The summed E-state index contributed by atoms with van der Waals surface area (Å²) in [6.45, 7) is 2.39. The van der Waals surface area contributed by atoms with Gasteiger partial charge in [-0.1, -0.05) is 11.6 Å². The maximum Gasteiger partial charge on any atom is 0.247 e. The highest BCUT2D eigenvalue weighted by Gasteiger charge is 2.34. The minimum Gasteiger partial charge on any atom is -0.495 e. The van der Waals surface area contributed by atoms with Crippen LogP contribution in [-0.4, -0.2) is 43.9 Å².